The maximum absolute atomic E-state index is 7.99. The summed E-state index contributed by atoms with van der Waals surface area (Å²) in [7, 11) is -1.72. The molecule has 0 bridgehead atoms. The maximum atomic E-state index is 7.99. The minimum absolute atomic E-state index is 0.542. The number of nitrogens with zero attached hydrogens (tertiary/aromatic N) is 1. The van der Waals surface area contributed by atoms with Crippen molar-refractivity contribution >= 4 is 18.4 Å². The fourth-order valence-corrected chi connectivity index (χ4v) is 5.06. The van der Waals surface area contributed by atoms with Crippen molar-refractivity contribution in [2.24, 2.45) is 0 Å². The highest BCUT2D eigenvalue weighted by Gasteiger charge is 2.25. The van der Waals surface area contributed by atoms with Gasteiger partial charge in [0.15, 0.2) is 0 Å². The van der Waals surface area contributed by atoms with Crippen LogP contribution in [-0.4, -0.2) is 13.1 Å². The van der Waals surface area contributed by atoms with Gasteiger partial charge < -0.3 is 0 Å². The number of hydrogen-bond acceptors (Lipinski definition) is 1. The molecule has 2 heteroatoms. The molecule has 0 saturated heterocycles. The Labute approximate surface area is 135 Å². The molecule has 2 aromatic carbocycles. The molecule has 0 aliphatic heterocycles. The van der Waals surface area contributed by atoms with Crippen molar-refractivity contribution in [1.82, 2.24) is 4.98 Å². The highest BCUT2D eigenvalue weighted by atomic mass is 28.3. The Hall–Kier alpha value is -2.19. The van der Waals surface area contributed by atoms with Crippen LogP contribution in [-0.2, 0) is 0 Å². The molecular weight excluding hydrogens is 282 g/mol. The molecule has 22 heavy (non-hydrogen) atoms. The Morgan fingerprint density at radius 3 is 2.36 bits per heavy atom. The SMILES string of the molecule is [2H]c1cc(-c2cccc([Si](C)(C)c3ccccc3)c2)ncc1C. The van der Waals surface area contributed by atoms with Crippen LogP contribution >= 0.6 is 0 Å². The summed E-state index contributed by atoms with van der Waals surface area (Å²) in [5.41, 5.74) is 2.87. The Morgan fingerprint density at radius 1 is 0.909 bits per heavy atom. The standard InChI is InChI=1S/C20H21NSi/c1-16-12-13-20(21-15-16)17-8-7-11-19(14-17)22(2,3)18-9-5-4-6-10-18/h4-15H,1-3H3/i12D. The van der Waals surface area contributed by atoms with Crippen LogP contribution in [0.15, 0.2) is 72.9 Å². The van der Waals surface area contributed by atoms with E-state index in [-0.39, 0.29) is 0 Å². The molecule has 0 atom stereocenters. The number of rotatable bonds is 3. The van der Waals surface area contributed by atoms with E-state index in [2.05, 4.69) is 72.7 Å². The van der Waals surface area contributed by atoms with Gasteiger partial charge in [-0.1, -0.05) is 84.1 Å². The van der Waals surface area contributed by atoms with Crippen LogP contribution < -0.4 is 10.4 Å². The molecule has 1 nitrogen and oxygen atoms in total. The fourth-order valence-electron chi connectivity index (χ4n) is 2.67. The lowest BCUT2D eigenvalue weighted by Gasteiger charge is -2.24. The van der Waals surface area contributed by atoms with E-state index in [0.717, 1.165) is 16.8 Å². The summed E-state index contributed by atoms with van der Waals surface area (Å²) in [5, 5.41) is 2.81. The van der Waals surface area contributed by atoms with Crippen LogP contribution in [0.25, 0.3) is 11.3 Å². The van der Waals surface area contributed by atoms with Crippen LogP contribution in [0.2, 0.25) is 13.1 Å². The second kappa shape index (κ2) is 5.89. The van der Waals surface area contributed by atoms with Gasteiger partial charge in [0.1, 0.15) is 8.07 Å². The lowest BCUT2D eigenvalue weighted by Crippen LogP contribution is -2.52. The van der Waals surface area contributed by atoms with E-state index in [9.17, 15) is 0 Å². The predicted octanol–water partition coefficient (Wildman–Crippen LogP) is 3.88. The van der Waals surface area contributed by atoms with Crippen LogP contribution in [0.5, 0.6) is 0 Å². The van der Waals surface area contributed by atoms with Crippen molar-refractivity contribution in [3.05, 3.63) is 78.5 Å². The minimum atomic E-state index is -1.72. The van der Waals surface area contributed by atoms with Crippen molar-refractivity contribution < 1.29 is 1.37 Å². The second-order valence-electron chi connectivity index (χ2n) is 6.19. The van der Waals surface area contributed by atoms with Gasteiger partial charge in [0, 0.05) is 6.20 Å². The smallest absolute Gasteiger partial charge is 0.112 e. The third kappa shape index (κ3) is 2.88. The van der Waals surface area contributed by atoms with Crippen LogP contribution in [0, 0.1) is 6.92 Å². The zero-order valence-electron chi connectivity index (χ0n) is 14.3. The van der Waals surface area contributed by atoms with E-state index in [1.807, 2.05) is 13.0 Å². The van der Waals surface area contributed by atoms with Gasteiger partial charge in [-0.3, -0.25) is 4.98 Å². The van der Waals surface area contributed by atoms with Crippen molar-refractivity contribution in [3.8, 4) is 11.3 Å². The monoisotopic (exact) mass is 304 g/mol. The van der Waals surface area contributed by atoms with E-state index in [0.29, 0.717) is 6.04 Å². The van der Waals surface area contributed by atoms with E-state index in [4.69, 9.17) is 1.37 Å². The van der Waals surface area contributed by atoms with Gasteiger partial charge in [-0.25, -0.2) is 0 Å². The lowest BCUT2D eigenvalue weighted by atomic mass is 10.1. The van der Waals surface area contributed by atoms with Gasteiger partial charge in [-0.2, -0.15) is 0 Å². The van der Waals surface area contributed by atoms with Gasteiger partial charge in [0.2, 0.25) is 0 Å². The quantitative estimate of drug-likeness (QED) is 0.669. The molecule has 0 radical (unpaired) electrons. The molecule has 0 unspecified atom stereocenters. The first kappa shape index (κ1) is 13.5. The summed E-state index contributed by atoms with van der Waals surface area (Å²) in [5.74, 6) is 0. The lowest BCUT2D eigenvalue weighted by molar-refractivity contribution is 1.27. The zero-order chi connectivity index (χ0) is 16.4. The number of hydrogen-bond donors (Lipinski definition) is 0. The molecule has 0 saturated carbocycles. The normalized spacial score (nSPS) is 12.0. The predicted molar refractivity (Wildman–Crippen MR) is 97.6 cm³/mol. The Balaban J connectivity index is 2.04. The molecule has 110 valence electrons. The third-order valence-electron chi connectivity index (χ3n) is 4.21. The van der Waals surface area contributed by atoms with Gasteiger partial charge in [-0.15, -0.1) is 0 Å². The molecular formula is C20H21NSi. The molecule has 1 heterocycles. The van der Waals surface area contributed by atoms with E-state index >= 15 is 0 Å². The highest BCUT2D eigenvalue weighted by molar-refractivity contribution is 7.00. The van der Waals surface area contributed by atoms with Crippen LogP contribution in [0.4, 0.5) is 0 Å². The van der Waals surface area contributed by atoms with Gasteiger partial charge in [-0.05, 0) is 24.1 Å². The second-order valence-corrected chi connectivity index (χ2v) is 10.6. The first-order chi connectivity index (χ1) is 11.0. The third-order valence-corrected chi connectivity index (χ3v) is 7.74. The Bertz CT molecular complexity index is 828. The fraction of sp³-hybridized carbons (Fsp3) is 0.150. The van der Waals surface area contributed by atoms with E-state index in [1.165, 1.54) is 10.4 Å². The van der Waals surface area contributed by atoms with Crippen molar-refractivity contribution in [3.63, 3.8) is 0 Å². The summed E-state index contributed by atoms with van der Waals surface area (Å²) in [6, 6.07) is 21.8. The molecule has 1 aromatic heterocycles. The molecule has 0 amide bonds. The van der Waals surface area contributed by atoms with Gasteiger partial charge in [0.05, 0.1) is 7.06 Å². The molecule has 3 aromatic rings. The first-order valence-electron chi connectivity index (χ1n) is 8.08. The maximum Gasteiger partial charge on any atom is 0.112 e. The van der Waals surface area contributed by atoms with E-state index < -0.39 is 8.07 Å². The number of benzene rings is 2. The first-order valence-corrected chi connectivity index (χ1v) is 10.6. The summed E-state index contributed by atoms with van der Waals surface area (Å²) < 4.78 is 7.99. The number of aryl methyl sites for hydroxylation is 1. The van der Waals surface area contributed by atoms with E-state index in [1.54, 1.807) is 6.20 Å². The Morgan fingerprint density at radius 2 is 1.64 bits per heavy atom. The number of aromatic nitrogens is 1. The summed E-state index contributed by atoms with van der Waals surface area (Å²) in [4.78, 5) is 4.50. The van der Waals surface area contributed by atoms with Crippen molar-refractivity contribution in [2.45, 2.75) is 20.0 Å². The summed E-state index contributed by atoms with van der Waals surface area (Å²) in [6.07, 6.45) is 1.78. The molecule has 0 spiro atoms. The summed E-state index contributed by atoms with van der Waals surface area (Å²) >= 11 is 0. The summed E-state index contributed by atoms with van der Waals surface area (Å²) in [6.45, 7) is 6.67. The van der Waals surface area contributed by atoms with Crippen molar-refractivity contribution in [1.29, 1.82) is 0 Å². The average molecular weight is 304 g/mol. The van der Waals surface area contributed by atoms with Crippen LogP contribution in [0.3, 0.4) is 0 Å². The van der Waals surface area contributed by atoms with Gasteiger partial charge in [0.25, 0.3) is 0 Å². The van der Waals surface area contributed by atoms with Crippen LogP contribution in [0.1, 0.15) is 6.93 Å². The molecule has 0 aliphatic rings. The molecule has 0 aliphatic carbocycles. The van der Waals surface area contributed by atoms with Crippen molar-refractivity contribution in [2.75, 3.05) is 0 Å². The number of pyridine rings is 1. The topological polar surface area (TPSA) is 12.9 Å². The zero-order valence-corrected chi connectivity index (χ0v) is 14.3. The molecule has 0 N–H and O–H groups in total. The minimum Gasteiger partial charge on any atom is -0.256 e. The highest BCUT2D eigenvalue weighted by Crippen LogP contribution is 2.17. The molecule has 0 fully saturated rings. The Kier molecular flexibility index (Phi) is 3.61. The largest absolute Gasteiger partial charge is 0.256 e. The average Bonchev–Trinajstić information content (AvgIpc) is 2.58. The van der Waals surface area contributed by atoms with Gasteiger partial charge >= 0.3 is 0 Å². The molecule has 3 rings (SSSR count).